The molecular weight excluding hydrogens is 428 g/mol. The van der Waals surface area contributed by atoms with Crippen molar-refractivity contribution in [2.24, 2.45) is 4.99 Å². The number of amides is 1. The predicted octanol–water partition coefficient (Wildman–Crippen LogP) is 3.97. The van der Waals surface area contributed by atoms with Gasteiger partial charge in [-0.05, 0) is 29.8 Å². The number of ether oxygens (including phenoxy) is 2. The Labute approximate surface area is 179 Å². The Morgan fingerprint density at radius 2 is 2.00 bits per heavy atom. The molecule has 2 aromatic rings. The van der Waals surface area contributed by atoms with Crippen LogP contribution in [0.1, 0.15) is 12.5 Å². The smallest absolute Gasteiger partial charge is 0.438 e. The van der Waals surface area contributed by atoms with Gasteiger partial charge >= 0.3 is 6.09 Å². The van der Waals surface area contributed by atoms with Crippen molar-refractivity contribution in [2.45, 2.75) is 17.6 Å². The third-order valence-electron chi connectivity index (χ3n) is 4.39. The molecule has 1 aliphatic heterocycles. The largest absolute Gasteiger partial charge is 0.484 e. The number of carbonyl (C=O) groups excluding carboxylic acids is 1. The highest BCUT2D eigenvalue weighted by molar-refractivity contribution is 8.13. The summed E-state index contributed by atoms with van der Waals surface area (Å²) >= 11 is 1.44. The van der Waals surface area contributed by atoms with Crippen LogP contribution in [-0.4, -0.2) is 46.1 Å². The van der Waals surface area contributed by atoms with E-state index in [1.54, 1.807) is 25.1 Å². The number of hydroxylamine groups is 1. The molecule has 0 bridgehead atoms. The minimum atomic E-state index is -3.33. The number of fused-ring (bicyclic) bond motifs is 1. The van der Waals surface area contributed by atoms with Gasteiger partial charge in [-0.3, -0.25) is 4.84 Å². The lowest BCUT2D eigenvalue weighted by molar-refractivity contribution is 0.115. The zero-order valence-electron chi connectivity index (χ0n) is 16.8. The number of hydrogen-bond donors (Lipinski definition) is 0. The molecule has 2 aromatic carbocycles. The molecule has 0 fully saturated rings. The van der Waals surface area contributed by atoms with Crippen LogP contribution in [0.4, 0.5) is 16.2 Å². The Hall–Kier alpha value is -2.56. The van der Waals surface area contributed by atoms with Crippen molar-refractivity contribution in [3.05, 3.63) is 48.0 Å². The lowest BCUT2D eigenvalue weighted by Crippen LogP contribution is -2.30. The fourth-order valence-electron chi connectivity index (χ4n) is 2.79. The van der Waals surface area contributed by atoms with Crippen molar-refractivity contribution < 1.29 is 27.5 Å². The summed E-state index contributed by atoms with van der Waals surface area (Å²) in [6.07, 6.45) is -0.633. The van der Waals surface area contributed by atoms with Crippen LogP contribution in [0.5, 0.6) is 5.75 Å². The zero-order chi connectivity index (χ0) is 21.7. The van der Waals surface area contributed by atoms with Gasteiger partial charge in [0.2, 0.25) is 0 Å². The van der Waals surface area contributed by atoms with E-state index in [0.717, 1.165) is 10.6 Å². The van der Waals surface area contributed by atoms with Crippen molar-refractivity contribution in [3.8, 4) is 5.75 Å². The van der Waals surface area contributed by atoms with Crippen LogP contribution in [0.3, 0.4) is 0 Å². The molecule has 1 aliphatic rings. The third-order valence-corrected chi connectivity index (χ3v) is 7.12. The fraction of sp³-hybridized carbons (Fsp3) is 0.300. The molecule has 1 amide bonds. The van der Waals surface area contributed by atoms with Crippen LogP contribution in [0.15, 0.2) is 52.4 Å². The van der Waals surface area contributed by atoms with Crippen molar-refractivity contribution in [3.63, 3.8) is 0 Å². The second-order valence-electron chi connectivity index (χ2n) is 6.19. The molecule has 30 heavy (non-hydrogen) atoms. The number of carbonyl (C=O) groups is 1. The summed E-state index contributed by atoms with van der Waals surface area (Å²) in [6, 6.07) is 12.0. The van der Waals surface area contributed by atoms with Crippen LogP contribution in [0.25, 0.3) is 0 Å². The quantitative estimate of drug-likeness (QED) is 0.615. The first-order valence-corrected chi connectivity index (χ1v) is 11.7. The molecule has 8 nitrogen and oxygen atoms in total. The van der Waals surface area contributed by atoms with Crippen molar-refractivity contribution >= 4 is 44.1 Å². The molecular formula is C20H22N2O6S2. The second kappa shape index (κ2) is 9.50. The molecule has 0 aliphatic carbocycles. The topological polar surface area (TPSA) is 94.5 Å². The molecule has 160 valence electrons. The summed E-state index contributed by atoms with van der Waals surface area (Å²) in [5.41, 5.74) is 1.89. The number of sulfone groups is 1. The van der Waals surface area contributed by atoms with E-state index in [9.17, 15) is 13.2 Å². The highest BCUT2D eigenvalue weighted by Gasteiger charge is 2.21. The first kappa shape index (κ1) is 22.1. The third kappa shape index (κ3) is 4.77. The highest BCUT2D eigenvalue weighted by atomic mass is 32.2. The number of methoxy groups -OCH3 is 1. The van der Waals surface area contributed by atoms with E-state index < -0.39 is 15.9 Å². The van der Waals surface area contributed by atoms with Gasteiger partial charge in [-0.1, -0.05) is 25.1 Å². The molecule has 0 atom stereocenters. The van der Waals surface area contributed by atoms with Gasteiger partial charge in [0.25, 0.3) is 0 Å². The maximum Gasteiger partial charge on any atom is 0.438 e. The van der Waals surface area contributed by atoms with Crippen molar-refractivity contribution in [1.29, 1.82) is 0 Å². The molecule has 1 heterocycles. The van der Waals surface area contributed by atoms with Gasteiger partial charge < -0.3 is 9.47 Å². The molecule has 0 saturated carbocycles. The van der Waals surface area contributed by atoms with Crippen LogP contribution in [0, 0.1) is 0 Å². The average molecular weight is 451 g/mol. The van der Waals surface area contributed by atoms with Gasteiger partial charge in [-0.15, -0.1) is 11.8 Å². The van der Waals surface area contributed by atoms with Gasteiger partial charge in [0.15, 0.2) is 9.84 Å². The summed E-state index contributed by atoms with van der Waals surface area (Å²) in [7, 11) is -0.658. The monoisotopic (exact) mass is 450 g/mol. The molecule has 0 radical (unpaired) electrons. The van der Waals surface area contributed by atoms with Crippen molar-refractivity contribution in [1.82, 2.24) is 0 Å². The summed E-state index contributed by atoms with van der Waals surface area (Å²) in [4.78, 5) is 21.9. The van der Waals surface area contributed by atoms with Crippen LogP contribution in [0.2, 0.25) is 0 Å². The first-order valence-electron chi connectivity index (χ1n) is 9.09. The number of benzene rings is 2. The van der Waals surface area contributed by atoms with E-state index in [2.05, 4.69) is 4.99 Å². The molecule has 3 rings (SSSR count). The van der Waals surface area contributed by atoms with E-state index in [0.29, 0.717) is 27.9 Å². The molecule has 0 unspecified atom stereocenters. The van der Waals surface area contributed by atoms with E-state index in [1.807, 2.05) is 12.1 Å². The number of thioether (sulfide) groups is 1. The van der Waals surface area contributed by atoms with E-state index in [1.165, 1.54) is 38.1 Å². The minimum Gasteiger partial charge on any atom is -0.484 e. The standard InChI is InChI=1S/C20H22N2O6S2/c1-4-30(24,25)15-9-10-18-16(11-15)21-19(12-28-18)29-13-14-7-5-6-8-17(14)22(27-3)20(23)26-2/h5-11H,4,12-13H2,1-3H3. The number of rotatable bonds is 6. The Morgan fingerprint density at radius 3 is 2.70 bits per heavy atom. The molecule has 0 N–H and O–H groups in total. The summed E-state index contributed by atoms with van der Waals surface area (Å²) in [6.45, 7) is 1.88. The summed E-state index contributed by atoms with van der Waals surface area (Å²) < 4.78 is 34.8. The Morgan fingerprint density at radius 1 is 1.23 bits per heavy atom. The van der Waals surface area contributed by atoms with Crippen LogP contribution in [-0.2, 0) is 25.2 Å². The Bertz CT molecular complexity index is 1070. The van der Waals surface area contributed by atoms with Gasteiger partial charge in [-0.25, -0.2) is 18.2 Å². The number of anilines is 1. The first-order chi connectivity index (χ1) is 14.4. The number of para-hydroxylation sites is 1. The molecule has 0 aromatic heterocycles. The Kier molecular flexibility index (Phi) is 7.01. The number of hydrogen-bond acceptors (Lipinski definition) is 8. The minimum absolute atomic E-state index is 0.0188. The average Bonchev–Trinajstić information content (AvgIpc) is 2.78. The second-order valence-corrected chi connectivity index (χ2v) is 9.52. The highest BCUT2D eigenvalue weighted by Crippen LogP contribution is 2.36. The lowest BCUT2D eigenvalue weighted by Gasteiger charge is -2.21. The maximum atomic E-state index is 12.1. The van der Waals surface area contributed by atoms with Gasteiger partial charge in [-0.2, -0.15) is 5.06 Å². The summed E-state index contributed by atoms with van der Waals surface area (Å²) in [5.74, 6) is 1.06. The SMILES string of the molecule is CCS(=O)(=O)c1ccc2c(c1)N=C(SCc1ccccc1N(OC)C(=O)OC)CO2. The van der Waals surface area contributed by atoms with Crippen molar-refractivity contribution in [2.75, 3.05) is 31.6 Å². The van der Waals surface area contributed by atoms with Gasteiger partial charge in [0.1, 0.15) is 23.1 Å². The normalized spacial score (nSPS) is 13.1. The molecule has 0 spiro atoms. The fourth-order valence-corrected chi connectivity index (χ4v) is 4.56. The Balaban J connectivity index is 1.81. The lowest BCUT2D eigenvalue weighted by atomic mass is 10.2. The number of nitrogens with zero attached hydrogens (tertiary/aromatic N) is 2. The van der Waals surface area contributed by atoms with E-state index in [4.69, 9.17) is 14.3 Å². The molecule has 0 saturated heterocycles. The maximum absolute atomic E-state index is 12.1. The molecule has 10 heteroatoms. The van der Waals surface area contributed by atoms with Gasteiger partial charge in [0, 0.05) is 5.75 Å². The van der Waals surface area contributed by atoms with E-state index >= 15 is 0 Å². The predicted molar refractivity (Wildman–Crippen MR) is 116 cm³/mol. The van der Waals surface area contributed by atoms with E-state index in [-0.39, 0.29) is 17.3 Å². The van der Waals surface area contributed by atoms with Crippen LogP contribution < -0.4 is 9.80 Å². The number of aliphatic imine (C=N–C) groups is 1. The zero-order valence-corrected chi connectivity index (χ0v) is 18.5. The van der Waals surface area contributed by atoms with Gasteiger partial charge in [0.05, 0.1) is 30.6 Å². The van der Waals surface area contributed by atoms with Crippen LogP contribution >= 0.6 is 11.8 Å². The summed E-state index contributed by atoms with van der Waals surface area (Å²) in [5, 5.41) is 1.78.